The first-order valence-electron chi connectivity index (χ1n) is 10.7. The molecule has 11 heteroatoms. The number of hydrogen-bond donors (Lipinski definition) is 3. The molecule has 1 heterocycles. The molecule has 9 nitrogen and oxygen atoms in total. The van der Waals surface area contributed by atoms with Gasteiger partial charge < -0.3 is 20.5 Å². The number of ether oxygens (including phenoxy) is 1. The van der Waals surface area contributed by atoms with E-state index < -0.39 is 36.5 Å². The molecule has 35 heavy (non-hydrogen) atoms. The van der Waals surface area contributed by atoms with Crippen LogP contribution < -0.4 is 10.6 Å². The van der Waals surface area contributed by atoms with E-state index in [1.807, 2.05) is 53.8 Å². The van der Waals surface area contributed by atoms with Crippen LogP contribution in [0.3, 0.4) is 0 Å². The topological polar surface area (TPSA) is 123 Å². The van der Waals surface area contributed by atoms with Crippen molar-refractivity contribution in [1.82, 2.24) is 20.4 Å². The Balaban J connectivity index is 1.47. The Morgan fingerprint density at radius 1 is 1.09 bits per heavy atom. The predicted molar refractivity (Wildman–Crippen MR) is 120 cm³/mol. The van der Waals surface area contributed by atoms with E-state index in [1.165, 1.54) is 24.0 Å². The highest BCUT2D eigenvalue weighted by molar-refractivity contribution is 5.87. The van der Waals surface area contributed by atoms with Crippen molar-refractivity contribution in [2.75, 3.05) is 13.2 Å². The fourth-order valence-electron chi connectivity index (χ4n) is 4.07. The fraction of sp³-hybridized carbons (Fsp3) is 0.250. The molecule has 182 valence electrons. The van der Waals surface area contributed by atoms with Crippen LogP contribution in [0, 0.1) is 0 Å². The molecule has 1 aliphatic carbocycles. The Bertz CT molecular complexity index is 1230. The molecule has 0 spiro atoms. The van der Waals surface area contributed by atoms with Gasteiger partial charge in [0, 0.05) is 19.2 Å². The minimum atomic E-state index is -4.17. The molecule has 3 aromatic rings. The van der Waals surface area contributed by atoms with Crippen LogP contribution in [0.2, 0.25) is 0 Å². The normalized spacial score (nSPS) is 13.5. The largest absolute Gasteiger partial charge is 0.477 e. The summed E-state index contributed by atoms with van der Waals surface area (Å²) in [4.78, 5) is 36.0. The maximum atomic E-state index is 13.4. The highest BCUT2D eigenvalue weighted by atomic mass is 19.3. The number of alkyl carbamates (subject to hydrolysis) is 1. The van der Waals surface area contributed by atoms with Gasteiger partial charge in [0.1, 0.15) is 6.61 Å². The lowest BCUT2D eigenvalue weighted by Crippen LogP contribution is -2.47. The number of carboxylic acid groups (broad SMARTS) is 1. The van der Waals surface area contributed by atoms with E-state index in [-0.39, 0.29) is 18.2 Å². The van der Waals surface area contributed by atoms with Crippen LogP contribution >= 0.6 is 0 Å². The van der Waals surface area contributed by atoms with Gasteiger partial charge in [-0.1, -0.05) is 48.5 Å². The molecule has 3 N–H and O–H groups in total. The summed E-state index contributed by atoms with van der Waals surface area (Å²) in [5.41, 5.74) is 4.28. The van der Waals surface area contributed by atoms with E-state index in [0.29, 0.717) is 0 Å². The van der Waals surface area contributed by atoms with Crippen LogP contribution in [0.1, 0.15) is 28.8 Å². The lowest BCUT2D eigenvalue weighted by atomic mass is 9.98. The summed E-state index contributed by atoms with van der Waals surface area (Å²) < 4.78 is 33.6. The number of benzene rings is 2. The number of carbonyl (C=O) groups excluding carboxylic acids is 2. The summed E-state index contributed by atoms with van der Waals surface area (Å²) >= 11 is 0. The Morgan fingerprint density at radius 3 is 2.23 bits per heavy atom. The van der Waals surface area contributed by atoms with Crippen molar-refractivity contribution in [2.45, 2.75) is 17.9 Å². The van der Waals surface area contributed by atoms with Crippen molar-refractivity contribution in [2.24, 2.45) is 7.05 Å². The third-order valence-electron chi connectivity index (χ3n) is 5.82. The van der Waals surface area contributed by atoms with Crippen LogP contribution in [0.25, 0.3) is 11.1 Å². The maximum absolute atomic E-state index is 13.4. The van der Waals surface area contributed by atoms with Crippen LogP contribution in [-0.2, 0) is 21.4 Å². The number of fused-ring (bicyclic) bond motifs is 3. The van der Waals surface area contributed by atoms with Gasteiger partial charge in [0.2, 0.25) is 5.91 Å². The number of rotatable bonds is 8. The van der Waals surface area contributed by atoms with Crippen molar-refractivity contribution in [3.05, 3.63) is 77.6 Å². The summed E-state index contributed by atoms with van der Waals surface area (Å²) in [5, 5.41) is 16.7. The van der Waals surface area contributed by atoms with E-state index >= 15 is 0 Å². The molecule has 1 aliphatic rings. The lowest BCUT2D eigenvalue weighted by molar-refractivity contribution is -0.164. The summed E-state index contributed by atoms with van der Waals surface area (Å²) in [6, 6.07) is 15.5. The van der Waals surface area contributed by atoms with Crippen molar-refractivity contribution in [3.63, 3.8) is 0 Å². The van der Waals surface area contributed by atoms with Gasteiger partial charge in [-0.2, -0.15) is 13.9 Å². The molecule has 0 bridgehead atoms. The molecule has 0 radical (unpaired) electrons. The summed E-state index contributed by atoms with van der Waals surface area (Å²) in [5.74, 6) is -7.80. The van der Waals surface area contributed by atoms with Gasteiger partial charge in [-0.25, -0.2) is 9.59 Å². The summed E-state index contributed by atoms with van der Waals surface area (Å²) in [6.45, 7) is -1.46. The van der Waals surface area contributed by atoms with Gasteiger partial charge in [-0.15, -0.1) is 0 Å². The third-order valence-corrected chi connectivity index (χ3v) is 5.82. The van der Waals surface area contributed by atoms with Gasteiger partial charge in [0.15, 0.2) is 6.04 Å². The van der Waals surface area contributed by atoms with Crippen molar-refractivity contribution in [3.8, 4) is 11.1 Å². The number of amides is 2. The van der Waals surface area contributed by atoms with Crippen molar-refractivity contribution < 1.29 is 33.0 Å². The molecule has 1 unspecified atom stereocenters. The molecule has 0 aliphatic heterocycles. The SMILES string of the molecule is Cn1nccc1C(NC(=O)OCC1c2ccccc2-c2ccccc21)C(=O)NCC(F)(F)C(=O)O. The Labute approximate surface area is 198 Å². The minimum absolute atomic E-state index is 0.0172. The molecule has 0 saturated heterocycles. The van der Waals surface area contributed by atoms with Gasteiger partial charge in [0.25, 0.3) is 0 Å². The monoisotopic (exact) mass is 484 g/mol. The van der Waals surface area contributed by atoms with E-state index in [9.17, 15) is 23.2 Å². The number of aliphatic carboxylic acids is 1. The zero-order chi connectivity index (χ0) is 25.2. The van der Waals surface area contributed by atoms with Crippen LogP contribution in [0.5, 0.6) is 0 Å². The van der Waals surface area contributed by atoms with Gasteiger partial charge in [-0.3, -0.25) is 9.48 Å². The summed E-state index contributed by atoms with van der Waals surface area (Å²) in [6.07, 6.45) is 0.416. The van der Waals surface area contributed by atoms with Crippen LogP contribution in [-0.4, -0.2) is 51.9 Å². The standard InChI is InChI=1S/C24H22F2N4O5/c1-30-19(10-11-28-30)20(21(31)27-13-24(25,26)22(32)33)29-23(34)35-12-18-16-8-4-2-6-14(16)15-7-3-5-9-17(15)18/h2-11,18,20H,12-13H2,1H3,(H,27,31)(H,29,34)(H,32,33). The second-order valence-electron chi connectivity index (χ2n) is 8.01. The molecule has 1 atom stereocenters. The lowest BCUT2D eigenvalue weighted by Gasteiger charge is -2.21. The number of nitrogens with zero attached hydrogens (tertiary/aromatic N) is 2. The number of hydrogen-bond acceptors (Lipinski definition) is 5. The first kappa shape index (κ1) is 23.9. The van der Waals surface area contributed by atoms with E-state index in [2.05, 4.69) is 10.4 Å². The summed E-state index contributed by atoms with van der Waals surface area (Å²) in [7, 11) is 1.50. The smallest absolute Gasteiger partial charge is 0.408 e. The van der Waals surface area contributed by atoms with Gasteiger partial charge in [-0.05, 0) is 28.3 Å². The average Bonchev–Trinajstić information content (AvgIpc) is 3.40. The minimum Gasteiger partial charge on any atom is -0.477 e. The van der Waals surface area contributed by atoms with Crippen molar-refractivity contribution >= 4 is 18.0 Å². The zero-order valence-corrected chi connectivity index (χ0v) is 18.6. The first-order valence-corrected chi connectivity index (χ1v) is 10.7. The molecular formula is C24H22F2N4O5. The second-order valence-corrected chi connectivity index (χ2v) is 8.01. The fourth-order valence-corrected chi connectivity index (χ4v) is 4.07. The quantitative estimate of drug-likeness (QED) is 0.452. The Hall–Kier alpha value is -4.28. The third kappa shape index (κ3) is 4.84. The highest BCUT2D eigenvalue weighted by Gasteiger charge is 2.40. The van der Waals surface area contributed by atoms with Crippen LogP contribution in [0.15, 0.2) is 60.8 Å². The molecule has 4 rings (SSSR count). The molecule has 0 saturated carbocycles. The Kier molecular flexibility index (Phi) is 6.50. The molecule has 2 aromatic carbocycles. The van der Waals surface area contributed by atoms with E-state index in [4.69, 9.17) is 9.84 Å². The number of carbonyl (C=O) groups is 3. The van der Waals surface area contributed by atoms with Crippen LogP contribution in [0.4, 0.5) is 13.6 Å². The molecular weight excluding hydrogens is 462 g/mol. The van der Waals surface area contributed by atoms with Gasteiger partial charge in [0.05, 0.1) is 12.2 Å². The number of halogens is 2. The number of aryl methyl sites for hydroxylation is 1. The van der Waals surface area contributed by atoms with E-state index in [0.717, 1.165) is 22.3 Å². The number of aromatic nitrogens is 2. The average molecular weight is 484 g/mol. The number of carboxylic acids is 1. The molecule has 2 amide bonds. The predicted octanol–water partition coefficient (Wildman–Crippen LogP) is 2.84. The number of nitrogens with one attached hydrogen (secondary N) is 2. The molecule has 1 aromatic heterocycles. The first-order chi connectivity index (χ1) is 16.7. The Morgan fingerprint density at radius 2 is 1.69 bits per heavy atom. The highest BCUT2D eigenvalue weighted by Crippen LogP contribution is 2.44. The van der Waals surface area contributed by atoms with Gasteiger partial charge >= 0.3 is 18.0 Å². The maximum Gasteiger partial charge on any atom is 0.408 e. The number of alkyl halides is 2. The van der Waals surface area contributed by atoms with Crippen molar-refractivity contribution in [1.29, 1.82) is 0 Å². The second kappa shape index (κ2) is 9.53. The zero-order valence-electron chi connectivity index (χ0n) is 18.6. The van der Waals surface area contributed by atoms with E-state index in [1.54, 1.807) is 0 Å². The molecule has 0 fully saturated rings.